The summed E-state index contributed by atoms with van der Waals surface area (Å²) < 4.78 is 4.10. The first kappa shape index (κ1) is 24.2. The molecule has 6 rings (SSSR count). The van der Waals surface area contributed by atoms with Gasteiger partial charge in [0.25, 0.3) is 0 Å². The van der Waals surface area contributed by atoms with Crippen LogP contribution in [0.4, 0.5) is 0 Å². The lowest BCUT2D eigenvalue weighted by molar-refractivity contribution is 0.433. The molecule has 1 saturated carbocycles. The zero-order valence-corrected chi connectivity index (χ0v) is 23.1. The molecule has 1 aliphatic rings. The summed E-state index contributed by atoms with van der Waals surface area (Å²) in [6.07, 6.45) is 10.2. The largest absolute Gasteiger partial charge is 0.340 e. The quantitative estimate of drug-likeness (QED) is 0.162. The number of hydrogen-bond donors (Lipinski definition) is 1. The van der Waals surface area contributed by atoms with E-state index in [9.17, 15) is 0 Å². The number of hydrogen-bond acceptors (Lipinski definition) is 5. The van der Waals surface area contributed by atoms with E-state index in [1.807, 2.05) is 37.4 Å². The van der Waals surface area contributed by atoms with Gasteiger partial charge in [0.15, 0.2) is 5.65 Å². The zero-order valence-electron chi connectivity index (χ0n) is 20.9. The number of imidazole rings is 1. The van der Waals surface area contributed by atoms with Gasteiger partial charge in [0, 0.05) is 46.9 Å². The van der Waals surface area contributed by atoms with E-state index in [-0.39, 0.29) is 0 Å². The van der Waals surface area contributed by atoms with E-state index < -0.39 is 0 Å². The number of rotatable bonds is 7. The van der Waals surface area contributed by atoms with Gasteiger partial charge in [-0.2, -0.15) is 5.10 Å². The van der Waals surface area contributed by atoms with Crippen molar-refractivity contribution in [2.45, 2.75) is 58.0 Å². The number of aryl methyl sites for hydroxylation is 1. The standard InChI is InChI=1S/C29H30IN7/c1-20-8-7-13-25(33-20)29-28(23-14-15-27-31-19-32-37(27)17-23)34-26(35-29)18-36(30)16-22-11-5-6-12-24(22)21-9-3-2-4-10-21/h5-8,11-15,17,19,21H,2-4,9-10,16,18H2,1H3,(H,34,35). The molecule has 5 aromatic rings. The Hall–Kier alpha value is -3.11. The lowest BCUT2D eigenvalue weighted by Gasteiger charge is -2.25. The molecule has 0 aliphatic heterocycles. The molecule has 8 heteroatoms. The molecule has 4 heterocycles. The second kappa shape index (κ2) is 10.7. The topological polar surface area (TPSA) is 75.0 Å². The minimum atomic E-state index is 0.690. The molecule has 0 spiro atoms. The second-order valence-electron chi connectivity index (χ2n) is 9.86. The van der Waals surface area contributed by atoms with Crippen molar-refractivity contribution in [3.8, 4) is 22.6 Å². The minimum Gasteiger partial charge on any atom is -0.340 e. The summed E-state index contributed by atoms with van der Waals surface area (Å²) in [5.41, 5.74) is 8.38. The maximum atomic E-state index is 5.05. The maximum Gasteiger partial charge on any atom is 0.155 e. The Labute approximate surface area is 230 Å². The van der Waals surface area contributed by atoms with Gasteiger partial charge >= 0.3 is 0 Å². The Morgan fingerprint density at radius 1 is 0.973 bits per heavy atom. The van der Waals surface area contributed by atoms with Gasteiger partial charge in [-0.05, 0) is 61.1 Å². The molecule has 0 saturated heterocycles. The monoisotopic (exact) mass is 603 g/mol. The maximum absolute atomic E-state index is 5.05. The fourth-order valence-corrected chi connectivity index (χ4v) is 6.12. The van der Waals surface area contributed by atoms with Crippen LogP contribution in [0.25, 0.3) is 28.3 Å². The Morgan fingerprint density at radius 3 is 2.70 bits per heavy atom. The molecule has 1 aromatic carbocycles. The lowest BCUT2D eigenvalue weighted by atomic mass is 9.82. The Bertz CT molecular complexity index is 1520. The third-order valence-electron chi connectivity index (χ3n) is 7.21. The van der Waals surface area contributed by atoms with Crippen LogP contribution in [-0.2, 0) is 13.1 Å². The number of pyridine rings is 2. The van der Waals surface area contributed by atoms with E-state index in [2.05, 4.69) is 71.4 Å². The highest BCUT2D eigenvalue weighted by Gasteiger charge is 2.21. The molecule has 0 amide bonds. The summed E-state index contributed by atoms with van der Waals surface area (Å²) in [6, 6.07) is 19.1. The molecular formula is C29H30IN7. The number of H-pyrrole nitrogens is 1. The van der Waals surface area contributed by atoms with Crippen LogP contribution in [0, 0.1) is 6.92 Å². The number of aromatic nitrogens is 6. The molecule has 0 radical (unpaired) electrons. The minimum absolute atomic E-state index is 0.690. The third kappa shape index (κ3) is 5.31. The van der Waals surface area contributed by atoms with Crippen LogP contribution in [0.2, 0.25) is 0 Å². The van der Waals surface area contributed by atoms with Gasteiger partial charge in [0.2, 0.25) is 0 Å². The molecule has 0 unspecified atom stereocenters. The van der Waals surface area contributed by atoms with E-state index in [0.717, 1.165) is 46.4 Å². The Morgan fingerprint density at radius 2 is 1.84 bits per heavy atom. The number of fused-ring (bicyclic) bond motifs is 1. The fourth-order valence-electron chi connectivity index (χ4n) is 5.42. The van der Waals surface area contributed by atoms with E-state index >= 15 is 0 Å². The molecule has 1 aliphatic carbocycles. The van der Waals surface area contributed by atoms with Gasteiger partial charge in [-0.3, -0.25) is 4.98 Å². The molecule has 37 heavy (non-hydrogen) atoms. The highest BCUT2D eigenvalue weighted by Crippen LogP contribution is 2.35. The Kier molecular flexibility index (Phi) is 7.01. The van der Waals surface area contributed by atoms with Gasteiger partial charge in [0.05, 0.1) is 17.9 Å². The number of aromatic amines is 1. The van der Waals surface area contributed by atoms with Crippen molar-refractivity contribution in [1.29, 1.82) is 0 Å². The summed E-state index contributed by atoms with van der Waals surface area (Å²) >= 11 is 2.44. The van der Waals surface area contributed by atoms with Crippen molar-refractivity contribution in [2.75, 3.05) is 0 Å². The molecule has 7 nitrogen and oxygen atoms in total. The van der Waals surface area contributed by atoms with Crippen LogP contribution in [0.5, 0.6) is 0 Å². The predicted molar refractivity (Wildman–Crippen MR) is 154 cm³/mol. The average molecular weight is 604 g/mol. The predicted octanol–water partition coefficient (Wildman–Crippen LogP) is 6.89. The van der Waals surface area contributed by atoms with Crippen LogP contribution in [0.15, 0.2) is 67.1 Å². The van der Waals surface area contributed by atoms with Crippen molar-refractivity contribution >= 4 is 28.5 Å². The van der Waals surface area contributed by atoms with Gasteiger partial charge in [0.1, 0.15) is 17.8 Å². The summed E-state index contributed by atoms with van der Waals surface area (Å²) in [5.74, 6) is 1.60. The third-order valence-corrected chi connectivity index (χ3v) is 7.89. The summed E-state index contributed by atoms with van der Waals surface area (Å²) in [4.78, 5) is 17.7. The van der Waals surface area contributed by atoms with Crippen LogP contribution in [-0.4, -0.2) is 32.7 Å². The molecule has 1 fully saturated rings. The van der Waals surface area contributed by atoms with Gasteiger partial charge in [-0.25, -0.2) is 17.6 Å². The van der Waals surface area contributed by atoms with E-state index in [1.165, 1.54) is 43.2 Å². The van der Waals surface area contributed by atoms with Crippen molar-refractivity contribution in [1.82, 2.24) is 32.7 Å². The van der Waals surface area contributed by atoms with Gasteiger partial charge < -0.3 is 4.98 Å². The summed E-state index contributed by atoms with van der Waals surface area (Å²) in [5, 5.41) is 4.32. The second-order valence-corrected chi connectivity index (χ2v) is 11.2. The van der Waals surface area contributed by atoms with Gasteiger partial charge in [-0.1, -0.05) is 49.6 Å². The van der Waals surface area contributed by atoms with Gasteiger partial charge in [-0.15, -0.1) is 0 Å². The zero-order chi connectivity index (χ0) is 25.2. The van der Waals surface area contributed by atoms with Crippen LogP contribution >= 0.6 is 22.9 Å². The number of nitrogens with zero attached hydrogens (tertiary/aromatic N) is 6. The van der Waals surface area contributed by atoms with E-state index in [0.29, 0.717) is 12.5 Å². The lowest BCUT2D eigenvalue weighted by Crippen LogP contribution is -2.15. The average Bonchev–Trinajstić information content (AvgIpc) is 3.56. The molecule has 188 valence electrons. The highest BCUT2D eigenvalue weighted by molar-refractivity contribution is 14.1. The Balaban J connectivity index is 1.30. The smallest absolute Gasteiger partial charge is 0.155 e. The highest BCUT2D eigenvalue weighted by atomic mass is 127. The van der Waals surface area contributed by atoms with Crippen molar-refractivity contribution in [3.05, 3.63) is 89.8 Å². The molecule has 0 bridgehead atoms. The van der Waals surface area contributed by atoms with E-state index in [4.69, 9.17) is 9.97 Å². The summed E-state index contributed by atoms with van der Waals surface area (Å²) in [6.45, 7) is 3.59. The number of benzene rings is 1. The van der Waals surface area contributed by atoms with Crippen LogP contribution in [0.3, 0.4) is 0 Å². The first-order chi connectivity index (χ1) is 18.1. The van der Waals surface area contributed by atoms with Crippen LogP contribution in [0.1, 0.15) is 60.7 Å². The molecule has 4 aromatic heterocycles. The normalized spacial score (nSPS) is 14.6. The SMILES string of the molecule is Cc1cccc(-c2nc(CN(I)Cc3ccccc3C3CCCCC3)[nH]c2-c2ccc3ncnn3c2)n1. The number of halogens is 1. The number of nitrogens with one attached hydrogen (secondary N) is 1. The molecular weight excluding hydrogens is 573 g/mol. The van der Waals surface area contributed by atoms with E-state index in [1.54, 1.807) is 10.8 Å². The van der Waals surface area contributed by atoms with Crippen molar-refractivity contribution < 1.29 is 0 Å². The first-order valence-electron chi connectivity index (χ1n) is 13.0. The summed E-state index contributed by atoms with van der Waals surface area (Å²) in [7, 11) is 0. The fraction of sp³-hybridized carbons (Fsp3) is 0.310. The van der Waals surface area contributed by atoms with Crippen LogP contribution < -0.4 is 0 Å². The van der Waals surface area contributed by atoms with Crippen molar-refractivity contribution in [2.24, 2.45) is 0 Å². The first-order valence-corrected chi connectivity index (χ1v) is 13.9. The molecule has 1 N–H and O–H groups in total. The van der Waals surface area contributed by atoms with Crippen molar-refractivity contribution in [3.63, 3.8) is 0 Å². The molecule has 0 atom stereocenters.